The van der Waals surface area contributed by atoms with Gasteiger partial charge in [0.1, 0.15) is 5.75 Å². The monoisotopic (exact) mass is 409 g/mol. The van der Waals surface area contributed by atoms with Crippen LogP contribution in [-0.2, 0) is 20.7 Å². The van der Waals surface area contributed by atoms with Crippen LogP contribution in [0.15, 0.2) is 78.9 Å². The zero-order valence-electron chi connectivity index (χ0n) is 15.8. The van der Waals surface area contributed by atoms with Crippen LogP contribution in [0.5, 0.6) is 5.75 Å². The number of carbonyl (C=O) groups is 2. The van der Waals surface area contributed by atoms with Gasteiger partial charge in [-0.2, -0.15) is 0 Å². The van der Waals surface area contributed by atoms with Gasteiger partial charge in [0.2, 0.25) is 6.10 Å². The molecular weight excluding hydrogens is 390 g/mol. The second kappa shape index (κ2) is 9.75. The molecule has 1 amide bonds. The third-order valence-corrected chi connectivity index (χ3v) is 4.59. The van der Waals surface area contributed by atoms with E-state index in [1.165, 1.54) is 0 Å². The van der Waals surface area contributed by atoms with Crippen molar-refractivity contribution in [3.05, 3.63) is 95.0 Å². The molecular formula is C23H20ClNO4. The number of amides is 1. The molecule has 0 aromatic heterocycles. The van der Waals surface area contributed by atoms with Crippen LogP contribution < -0.4 is 10.1 Å². The molecule has 0 unspecified atom stereocenters. The first-order valence-electron chi connectivity index (χ1n) is 8.99. The van der Waals surface area contributed by atoms with Gasteiger partial charge in [0, 0.05) is 22.3 Å². The minimum atomic E-state index is -1.10. The molecule has 6 heteroatoms. The molecule has 0 bridgehead atoms. The summed E-state index contributed by atoms with van der Waals surface area (Å²) in [5, 5.41) is 3.25. The number of hydrogen-bond acceptors (Lipinski definition) is 4. The van der Waals surface area contributed by atoms with Crippen LogP contribution in [0, 0.1) is 0 Å². The van der Waals surface area contributed by atoms with Crippen LogP contribution in [0.1, 0.15) is 17.2 Å². The van der Waals surface area contributed by atoms with E-state index in [1.54, 1.807) is 79.9 Å². The van der Waals surface area contributed by atoms with Gasteiger partial charge in [-0.05, 0) is 23.8 Å². The van der Waals surface area contributed by atoms with Crippen LogP contribution >= 0.6 is 11.6 Å². The number of halogens is 1. The minimum Gasteiger partial charge on any atom is -0.497 e. The third-order valence-electron chi connectivity index (χ3n) is 4.22. The Morgan fingerprint density at radius 1 is 0.966 bits per heavy atom. The highest BCUT2D eigenvalue weighted by atomic mass is 35.5. The molecule has 29 heavy (non-hydrogen) atoms. The van der Waals surface area contributed by atoms with Gasteiger partial charge in [-0.25, -0.2) is 0 Å². The summed E-state index contributed by atoms with van der Waals surface area (Å²) in [5.74, 6) is -0.403. The summed E-state index contributed by atoms with van der Waals surface area (Å²) in [6.07, 6.45) is -1.13. The molecule has 0 heterocycles. The van der Waals surface area contributed by atoms with Gasteiger partial charge in [0.25, 0.3) is 5.91 Å². The van der Waals surface area contributed by atoms with Crippen LogP contribution in [-0.4, -0.2) is 19.0 Å². The Morgan fingerprint density at radius 3 is 2.41 bits per heavy atom. The predicted octanol–water partition coefficient (Wildman–Crippen LogP) is 4.81. The molecule has 0 fully saturated rings. The van der Waals surface area contributed by atoms with Crippen molar-refractivity contribution in [1.29, 1.82) is 0 Å². The SMILES string of the molecule is COc1cccc(NC(=O)[C@H](OC(=O)Cc2ccccc2Cl)c2ccccc2)c1. The first-order chi connectivity index (χ1) is 14.1. The predicted molar refractivity (Wildman–Crippen MR) is 112 cm³/mol. The number of benzene rings is 3. The van der Waals surface area contributed by atoms with Crippen molar-refractivity contribution in [2.45, 2.75) is 12.5 Å². The quantitative estimate of drug-likeness (QED) is 0.568. The summed E-state index contributed by atoms with van der Waals surface area (Å²) >= 11 is 6.12. The average molecular weight is 410 g/mol. The van der Waals surface area contributed by atoms with Gasteiger partial charge in [-0.1, -0.05) is 66.2 Å². The second-order valence-corrected chi connectivity index (χ2v) is 6.68. The van der Waals surface area contributed by atoms with Crippen molar-refractivity contribution in [3.63, 3.8) is 0 Å². The Balaban J connectivity index is 1.78. The van der Waals surface area contributed by atoms with Crippen molar-refractivity contribution in [2.24, 2.45) is 0 Å². The summed E-state index contributed by atoms with van der Waals surface area (Å²) in [6.45, 7) is 0. The fourth-order valence-electron chi connectivity index (χ4n) is 2.78. The normalized spacial score (nSPS) is 11.4. The van der Waals surface area contributed by atoms with Crippen LogP contribution in [0.25, 0.3) is 0 Å². The molecule has 0 spiro atoms. The highest BCUT2D eigenvalue weighted by molar-refractivity contribution is 6.31. The van der Waals surface area contributed by atoms with E-state index in [0.29, 0.717) is 27.6 Å². The number of esters is 1. The number of carbonyl (C=O) groups excluding carboxylic acids is 2. The summed E-state index contributed by atoms with van der Waals surface area (Å²) < 4.78 is 10.7. The smallest absolute Gasteiger partial charge is 0.311 e. The topological polar surface area (TPSA) is 64.6 Å². The number of hydrogen-bond donors (Lipinski definition) is 1. The number of rotatable bonds is 7. The summed E-state index contributed by atoms with van der Waals surface area (Å²) in [7, 11) is 1.55. The lowest BCUT2D eigenvalue weighted by atomic mass is 10.1. The largest absolute Gasteiger partial charge is 0.497 e. The van der Waals surface area contributed by atoms with Crippen LogP contribution in [0.3, 0.4) is 0 Å². The first-order valence-corrected chi connectivity index (χ1v) is 9.37. The number of anilines is 1. The molecule has 3 aromatic carbocycles. The van der Waals surface area contributed by atoms with Gasteiger partial charge < -0.3 is 14.8 Å². The molecule has 0 saturated heterocycles. The molecule has 3 rings (SSSR count). The van der Waals surface area contributed by atoms with Gasteiger partial charge in [-0.3, -0.25) is 9.59 Å². The van der Waals surface area contributed by atoms with E-state index in [-0.39, 0.29) is 6.42 Å². The van der Waals surface area contributed by atoms with E-state index in [1.807, 2.05) is 6.07 Å². The zero-order valence-corrected chi connectivity index (χ0v) is 16.6. The molecule has 3 aromatic rings. The van der Waals surface area contributed by atoms with Crippen molar-refractivity contribution in [2.75, 3.05) is 12.4 Å². The van der Waals surface area contributed by atoms with Gasteiger partial charge >= 0.3 is 5.97 Å². The Hall–Kier alpha value is -3.31. The van der Waals surface area contributed by atoms with Gasteiger partial charge in [-0.15, -0.1) is 0 Å². The maximum atomic E-state index is 12.9. The zero-order chi connectivity index (χ0) is 20.6. The van der Waals surface area contributed by atoms with E-state index in [9.17, 15) is 9.59 Å². The van der Waals surface area contributed by atoms with Crippen molar-refractivity contribution >= 4 is 29.2 Å². The lowest BCUT2D eigenvalue weighted by molar-refractivity contribution is -0.154. The highest BCUT2D eigenvalue weighted by Gasteiger charge is 2.25. The van der Waals surface area contributed by atoms with Gasteiger partial charge in [0.15, 0.2) is 0 Å². The lowest BCUT2D eigenvalue weighted by Crippen LogP contribution is -2.26. The number of ether oxygens (including phenoxy) is 2. The molecule has 0 aliphatic heterocycles. The molecule has 0 aliphatic rings. The fraction of sp³-hybridized carbons (Fsp3) is 0.130. The molecule has 1 atom stereocenters. The second-order valence-electron chi connectivity index (χ2n) is 6.27. The maximum absolute atomic E-state index is 12.9. The fourth-order valence-corrected chi connectivity index (χ4v) is 2.98. The highest BCUT2D eigenvalue weighted by Crippen LogP contribution is 2.24. The number of methoxy groups -OCH3 is 1. The number of nitrogens with one attached hydrogen (secondary N) is 1. The molecule has 0 radical (unpaired) electrons. The van der Waals surface area contributed by atoms with E-state index < -0.39 is 18.0 Å². The lowest BCUT2D eigenvalue weighted by Gasteiger charge is -2.18. The third kappa shape index (κ3) is 5.59. The average Bonchev–Trinajstić information content (AvgIpc) is 2.74. The Labute approximate surface area is 174 Å². The molecule has 0 aliphatic carbocycles. The van der Waals surface area contributed by atoms with Crippen LogP contribution in [0.2, 0.25) is 5.02 Å². The van der Waals surface area contributed by atoms with E-state index in [0.717, 1.165) is 0 Å². The van der Waals surface area contributed by atoms with E-state index >= 15 is 0 Å². The minimum absolute atomic E-state index is 0.0323. The van der Waals surface area contributed by atoms with Crippen molar-refractivity contribution < 1.29 is 19.1 Å². The summed E-state index contributed by atoms with van der Waals surface area (Å²) in [4.78, 5) is 25.4. The van der Waals surface area contributed by atoms with E-state index in [2.05, 4.69) is 5.32 Å². The molecule has 0 saturated carbocycles. The van der Waals surface area contributed by atoms with Crippen molar-refractivity contribution in [1.82, 2.24) is 0 Å². The summed E-state index contributed by atoms with van der Waals surface area (Å²) in [6, 6.07) is 22.8. The first kappa shape index (κ1) is 20.4. The molecule has 5 nitrogen and oxygen atoms in total. The van der Waals surface area contributed by atoms with Crippen LogP contribution in [0.4, 0.5) is 5.69 Å². The molecule has 1 N–H and O–H groups in total. The maximum Gasteiger partial charge on any atom is 0.311 e. The Morgan fingerprint density at radius 2 is 1.69 bits per heavy atom. The summed E-state index contributed by atoms with van der Waals surface area (Å²) in [5.41, 5.74) is 1.75. The Bertz CT molecular complexity index is 991. The van der Waals surface area contributed by atoms with E-state index in [4.69, 9.17) is 21.1 Å². The molecule has 148 valence electrons. The van der Waals surface area contributed by atoms with Crippen molar-refractivity contribution in [3.8, 4) is 5.75 Å². The standard InChI is InChI=1S/C23H20ClNO4/c1-28-19-12-7-11-18(15-19)25-23(27)22(16-8-3-2-4-9-16)29-21(26)14-17-10-5-6-13-20(17)24/h2-13,15,22H,14H2,1H3,(H,25,27)/t22-/m1/s1. The Kier molecular flexibility index (Phi) is 6.87. The van der Waals surface area contributed by atoms with Gasteiger partial charge in [0.05, 0.1) is 13.5 Å².